The Hall–Kier alpha value is -2.12. The van der Waals surface area contributed by atoms with E-state index in [-0.39, 0.29) is 17.4 Å². The maximum Gasteiger partial charge on any atom is 0.232 e. The lowest BCUT2D eigenvalue weighted by molar-refractivity contribution is -0.134. The fourth-order valence-corrected chi connectivity index (χ4v) is 3.69. The molecule has 1 aromatic heterocycles. The van der Waals surface area contributed by atoms with Crippen LogP contribution in [0.3, 0.4) is 0 Å². The van der Waals surface area contributed by atoms with Crippen molar-refractivity contribution < 1.29 is 9.32 Å². The van der Waals surface area contributed by atoms with Crippen LogP contribution in [0.25, 0.3) is 0 Å². The molecule has 1 aliphatic carbocycles. The van der Waals surface area contributed by atoms with Crippen LogP contribution in [-0.2, 0) is 16.8 Å². The van der Waals surface area contributed by atoms with E-state index in [4.69, 9.17) is 4.52 Å². The highest BCUT2D eigenvalue weighted by Crippen LogP contribution is 2.27. The highest BCUT2D eigenvalue weighted by atomic mass is 16.5. The number of carbonyl (C=O) groups excluding carboxylic acids is 1. The molecule has 1 unspecified atom stereocenters. The Morgan fingerprint density at radius 2 is 2.04 bits per heavy atom. The minimum Gasteiger partial charge on any atom is -0.352 e. The molecule has 1 amide bonds. The molecule has 0 bridgehead atoms. The summed E-state index contributed by atoms with van der Waals surface area (Å²) >= 11 is 0. The Morgan fingerprint density at radius 1 is 1.30 bits per heavy atom. The van der Waals surface area contributed by atoms with E-state index in [2.05, 4.69) is 25.8 Å². The number of likely N-dealkylation sites (tertiary alicyclic amines) is 1. The number of hydrogen-bond donors (Lipinski definition) is 2. The standard InChI is InChI=1S/C19H32N6O2/c1-19(2,3)17-23-15(24-27-17)11-21-18(20-4)22-14-9-10-25(12-14)16(26)13-7-5-6-8-13/h13-14H,5-12H2,1-4H3,(H2,20,21,22). The van der Waals surface area contributed by atoms with Crippen molar-refractivity contribution in [1.82, 2.24) is 25.7 Å². The van der Waals surface area contributed by atoms with E-state index in [0.717, 1.165) is 32.4 Å². The molecule has 2 N–H and O–H groups in total. The van der Waals surface area contributed by atoms with Gasteiger partial charge >= 0.3 is 0 Å². The smallest absolute Gasteiger partial charge is 0.232 e. The fraction of sp³-hybridized carbons (Fsp3) is 0.789. The van der Waals surface area contributed by atoms with Gasteiger partial charge in [-0.1, -0.05) is 38.8 Å². The predicted molar refractivity (Wildman–Crippen MR) is 103 cm³/mol. The first-order valence-electron chi connectivity index (χ1n) is 9.96. The largest absolute Gasteiger partial charge is 0.352 e. The molecule has 8 nitrogen and oxygen atoms in total. The van der Waals surface area contributed by atoms with Gasteiger partial charge in [-0.05, 0) is 19.3 Å². The van der Waals surface area contributed by atoms with E-state index >= 15 is 0 Å². The monoisotopic (exact) mass is 376 g/mol. The summed E-state index contributed by atoms with van der Waals surface area (Å²) in [5, 5.41) is 10.6. The average Bonchev–Trinajstić information content (AvgIpc) is 3.39. The van der Waals surface area contributed by atoms with Gasteiger partial charge in [0.1, 0.15) is 0 Å². The molecular formula is C19H32N6O2. The summed E-state index contributed by atoms with van der Waals surface area (Å²) in [4.78, 5) is 23.3. The minimum atomic E-state index is -0.162. The minimum absolute atomic E-state index is 0.162. The zero-order chi connectivity index (χ0) is 19.4. The van der Waals surface area contributed by atoms with Gasteiger partial charge in [0.05, 0.1) is 6.54 Å². The van der Waals surface area contributed by atoms with Gasteiger partial charge in [-0.3, -0.25) is 9.79 Å². The molecule has 1 aliphatic heterocycles. The number of carbonyl (C=O) groups is 1. The lowest BCUT2D eigenvalue weighted by atomic mass is 9.97. The first kappa shape index (κ1) is 19.6. The SMILES string of the molecule is CN=C(NCc1noc(C(C)(C)C)n1)NC1CCN(C(=O)C2CCCC2)C1. The van der Waals surface area contributed by atoms with Crippen molar-refractivity contribution >= 4 is 11.9 Å². The first-order chi connectivity index (χ1) is 12.9. The lowest BCUT2D eigenvalue weighted by Crippen LogP contribution is -2.45. The number of aromatic nitrogens is 2. The van der Waals surface area contributed by atoms with Crippen LogP contribution in [0.15, 0.2) is 9.52 Å². The van der Waals surface area contributed by atoms with Crippen LogP contribution >= 0.6 is 0 Å². The predicted octanol–water partition coefficient (Wildman–Crippen LogP) is 1.82. The van der Waals surface area contributed by atoms with E-state index < -0.39 is 0 Å². The number of nitrogens with one attached hydrogen (secondary N) is 2. The van der Waals surface area contributed by atoms with Crippen molar-refractivity contribution in [3.05, 3.63) is 11.7 Å². The van der Waals surface area contributed by atoms with Gasteiger partial charge < -0.3 is 20.1 Å². The molecule has 1 atom stereocenters. The molecule has 1 aromatic rings. The van der Waals surface area contributed by atoms with Crippen molar-refractivity contribution in [1.29, 1.82) is 0 Å². The molecular weight excluding hydrogens is 344 g/mol. The third-order valence-corrected chi connectivity index (χ3v) is 5.29. The Balaban J connectivity index is 1.46. The van der Waals surface area contributed by atoms with E-state index in [1.54, 1.807) is 7.05 Å². The maximum absolute atomic E-state index is 12.6. The number of aliphatic imine (C=N–C) groups is 1. The lowest BCUT2D eigenvalue weighted by Gasteiger charge is -2.21. The van der Waals surface area contributed by atoms with E-state index in [1.165, 1.54) is 12.8 Å². The van der Waals surface area contributed by atoms with Gasteiger partial charge in [-0.2, -0.15) is 4.98 Å². The zero-order valence-electron chi connectivity index (χ0n) is 16.9. The summed E-state index contributed by atoms with van der Waals surface area (Å²) in [5.74, 6) is 2.50. The summed E-state index contributed by atoms with van der Waals surface area (Å²) in [7, 11) is 1.74. The van der Waals surface area contributed by atoms with E-state index in [9.17, 15) is 4.79 Å². The Kier molecular flexibility index (Phi) is 6.01. The molecule has 150 valence electrons. The van der Waals surface area contributed by atoms with Gasteiger partial charge in [0.2, 0.25) is 11.8 Å². The molecule has 0 aromatic carbocycles. The van der Waals surface area contributed by atoms with Crippen LogP contribution in [-0.4, -0.2) is 53.1 Å². The number of rotatable bonds is 4. The van der Waals surface area contributed by atoms with Crippen LogP contribution in [0, 0.1) is 5.92 Å². The topological polar surface area (TPSA) is 95.7 Å². The maximum atomic E-state index is 12.6. The van der Waals surface area contributed by atoms with Crippen molar-refractivity contribution in [2.24, 2.45) is 10.9 Å². The van der Waals surface area contributed by atoms with Crippen molar-refractivity contribution in [3.63, 3.8) is 0 Å². The number of hydrogen-bond acceptors (Lipinski definition) is 5. The van der Waals surface area contributed by atoms with Gasteiger partial charge in [-0.15, -0.1) is 0 Å². The van der Waals surface area contributed by atoms with Crippen LogP contribution in [0.1, 0.15) is 64.6 Å². The van der Waals surface area contributed by atoms with Crippen molar-refractivity contribution in [3.8, 4) is 0 Å². The fourth-order valence-electron chi connectivity index (χ4n) is 3.69. The summed E-state index contributed by atoms with van der Waals surface area (Å²) in [6.45, 7) is 8.12. The second-order valence-electron chi connectivity index (χ2n) is 8.59. The summed E-state index contributed by atoms with van der Waals surface area (Å²) in [5.41, 5.74) is -0.162. The normalized spacial score (nSPS) is 21.7. The van der Waals surface area contributed by atoms with E-state index in [1.807, 2.05) is 25.7 Å². The Labute approximate surface area is 161 Å². The molecule has 0 spiro atoms. The summed E-state index contributed by atoms with van der Waals surface area (Å²) in [6.07, 6.45) is 5.43. The first-order valence-corrected chi connectivity index (χ1v) is 9.96. The van der Waals surface area contributed by atoms with Crippen LogP contribution in [0.4, 0.5) is 0 Å². The third kappa shape index (κ3) is 4.99. The molecule has 8 heteroatoms. The third-order valence-electron chi connectivity index (χ3n) is 5.29. The average molecular weight is 377 g/mol. The number of nitrogens with zero attached hydrogens (tertiary/aromatic N) is 4. The molecule has 1 saturated carbocycles. The summed E-state index contributed by atoms with van der Waals surface area (Å²) < 4.78 is 5.31. The van der Waals surface area contributed by atoms with Crippen LogP contribution in [0.2, 0.25) is 0 Å². The highest BCUT2D eigenvalue weighted by Gasteiger charge is 2.32. The number of amides is 1. The molecule has 3 rings (SSSR count). The quantitative estimate of drug-likeness (QED) is 0.615. The highest BCUT2D eigenvalue weighted by molar-refractivity contribution is 5.81. The van der Waals surface area contributed by atoms with Gasteiger partial charge in [0, 0.05) is 37.5 Å². The second-order valence-corrected chi connectivity index (χ2v) is 8.59. The van der Waals surface area contributed by atoms with E-state index in [0.29, 0.717) is 30.1 Å². The van der Waals surface area contributed by atoms with Crippen LogP contribution < -0.4 is 10.6 Å². The molecule has 1 saturated heterocycles. The zero-order valence-corrected chi connectivity index (χ0v) is 16.9. The van der Waals surface area contributed by atoms with Gasteiger partial charge in [-0.25, -0.2) is 0 Å². The molecule has 2 aliphatic rings. The molecule has 2 fully saturated rings. The Bertz CT molecular complexity index is 672. The second kappa shape index (κ2) is 8.27. The molecule has 27 heavy (non-hydrogen) atoms. The number of guanidine groups is 1. The molecule has 2 heterocycles. The van der Waals surface area contributed by atoms with Gasteiger partial charge in [0.25, 0.3) is 0 Å². The Morgan fingerprint density at radius 3 is 2.67 bits per heavy atom. The van der Waals surface area contributed by atoms with Gasteiger partial charge in [0.15, 0.2) is 11.8 Å². The van der Waals surface area contributed by atoms with Crippen molar-refractivity contribution in [2.75, 3.05) is 20.1 Å². The van der Waals surface area contributed by atoms with Crippen LogP contribution in [0.5, 0.6) is 0 Å². The summed E-state index contributed by atoms with van der Waals surface area (Å²) in [6, 6.07) is 0.219. The molecule has 0 radical (unpaired) electrons. The van der Waals surface area contributed by atoms with Crippen molar-refractivity contribution in [2.45, 2.75) is 70.9 Å².